The molecule has 1 aromatic rings. The highest BCUT2D eigenvalue weighted by Crippen LogP contribution is 2.28. The summed E-state index contributed by atoms with van der Waals surface area (Å²) in [6.07, 6.45) is 0.737. The number of para-hydroxylation sites is 1. The van der Waals surface area contributed by atoms with Gasteiger partial charge in [0.1, 0.15) is 5.75 Å². The largest absolute Gasteiger partial charge is 0.496 e. The molecule has 0 aliphatic rings. The Kier molecular flexibility index (Phi) is 4.09. The maximum Gasteiger partial charge on any atom is 0.210 e. The smallest absolute Gasteiger partial charge is 0.210 e. The summed E-state index contributed by atoms with van der Waals surface area (Å²) >= 11 is 0. The molecule has 0 saturated heterocycles. The van der Waals surface area contributed by atoms with Crippen LogP contribution in [0.1, 0.15) is 24.8 Å². The Morgan fingerprint density at radius 1 is 1.47 bits per heavy atom. The highest BCUT2D eigenvalue weighted by atomic mass is 16.6. The molecule has 0 fully saturated rings. The molecule has 1 atom stereocenters. The standard InChI is InChI=1S/C11H15NO3/c1-3-9(8-12(13)14)10-6-4-5-7-11(10)15-2/h4-7,9H,3,8H2,1-2H3/t9-/m1/s1. The van der Waals surface area contributed by atoms with Crippen LogP contribution in [-0.4, -0.2) is 18.6 Å². The molecule has 0 bridgehead atoms. The average molecular weight is 209 g/mol. The van der Waals surface area contributed by atoms with Crippen LogP contribution in [0.25, 0.3) is 0 Å². The van der Waals surface area contributed by atoms with E-state index in [4.69, 9.17) is 4.74 Å². The van der Waals surface area contributed by atoms with Gasteiger partial charge < -0.3 is 4.74 Å². The van der Waals surface area contributed by atoms with E-state index in [1.165, 1.54) is 0 Å². The molecule has 0 aliphatic heterocycles. The number of methoxy groups -OCH3 is 1. The zero-order valence-corrected chi connectivity index (χ0v) is 8.97. The second-order valence-corrected chi connectivity index (χ2v) is 3.36. The van der Waals surface area contributed by atoms with Gasteiger partial charge in [0.2, 0.25) is 6.54 Å². The number of hydrogen-bond acceptors (Lipinski definition) is 3. The van der Waals surface area contributed by atoms with Gasteiger partial charge in [-0.1, -0.05) is 25.1 Å². The molecule has 0 spiro atoms. The maximum absolute atomic E-state index is 10.5. The Balaban J connectivity index is 2.95. The molecule has 4 heteroatoms. The van der Waals surface area contributed by atoms with Gasteiger partial charge in [-0.05, 0) is 12.5 Å². The van der Waals surface area contributed by atoms with Crippen LogP contribution in [0.5, 0.6) is 5.75 Å². The molecule has 0 aliphatic carbocycles. The van der Waals surface area contributed by atoms with Gasteiger partial charge in [-0.2, -0.15) is 0 Å². The van der Waals surface area contributed by atoms with Crippen molar-refractivity contribution in [3.05, 3.63) is 39.9 Å². The lowest BCUT2D eigenvalue weighted by atomic mass is 9.96. The monoisotopic (exact) mass is 209 g/mol. The van der Waals surface area contributed by atoms with Gasteiger partial charge >= 0.3 is 0 Å². The summed E-state index contributed by atoms with van der Waals surface area (Å²) in [6.45, 7) is 1.90. The Bertz CT molecular complexity index is 338. The van der Waals surface area contributed by atoms with Gasteiger partial charge in [0.05, 0.1) is 13.0 Å². The van der Waals surface area contributed by atoms with Crippen molar-refractivity contribution in [2.75, 3.05) is 13.7 Å². The van der Waals surface area contributed by atoms with Crippen LogP contribution in [-0.2, 0) is 0 Å². The van der Waals surface area contributed by atoms with E-state index in [9.17, 15) is 10.1 Å². The second-order valence-electron chi connectivity index (χ2n) is 3.36. The van der Waals surface area contributed by atoms with Crippen LogP contribution >= 0.6 is 0 Å². The van der Waals surface area contributed by atoms with Gasteiger partial charge in [0.15, 0.2) is 0 Å². The molecular formula is C11H15NO3. The SMILES string of the molecule is CC[C@H](C[N+](=O)[O-])c1ccccc1OC. The lowest BCUT2D eigenvalue weighted by molar-refractivity contribution is -0.483. The minimum atomic E-state index is -0.277. The summed E-state index contributed by atoms with van der Waals surface area (Å²) in [6, 6.07) is 7.45. The molecule has 0 radical (unpaired) electrons. The fourth-order valence-electron chi connectivity index (χ4n) is 1.63. The van der Waals surface area contributed by atoms with Crippen molar-refractivity contribution in [1.82, 2.24) is 0 Å². The van der Waals surface area contributed by atoms with E-state index in [0.29, 0.717) is 0 Å². The lowest BCUT2D eigenvalue weighted by Gasteiger charge is -2.14. The van der Waals surface area contributed by atoms with Crippen LogP contribution in [0.3, 0.4) is 0 Å². The van der Waals surface area contributed by atoms with Gasteiger partial charge in [-0.25, -0.2) is 0 Å². The fourth-order valence-corrected chi connectivity index (χ4v) is 1.63. The third kappa shape index (κ3) is 2.94. The Hall–Kier alpha value is -1.58. The van der Waals surface area contributed by atoms with Crippen molar-refractivity contribution in [1.29, 1.82) is 0 Å². The van der Waals surface area contributed by atoms with Crippen LogP contribution in [0, 0.1) is 10.1 Å². The quantitative estimate of drug-likeness (QED) is 0.553. The first-order valence-corrected chi connectivity index (χ1v) is 4.93. The molecule has 82 valence electrons. The molecular weight excluding hydrogens is 194 g/mol. The highest BCUT2D eigenvalue weighted by Gasteiger charge is 2.18. The van der Waals surface area contributed by atoms with Gasteiger partial charge in [-0.15, -0.1) is 0 Å². The van der Waals surface area contributed by atoms with E-state index in [1.807, 2.05) is 31.2 Å². The number of hydrogen-bond donors (Lipinski definition) is 0. The summed E-state index contributed by atoms with van der Waals surface area (Å²) < 4.78 is 5.19. The first kappa shape index (κ1) is 11.5. The molecule has 15 heavy (non-hydrogen) atoms. The molecule has 0 amide bonds. The molecule has 1 aromatic carbocycles. The summed E-state index contributed by atoms with van der Waals surface area (Å²) in [7, 11) is 1.58. The Labute approximate surface area is 89.0 Å². The predicted octanol–water partition coefficient (Wildman–Crippen LogP) is 2.47. The van der Waals surface area contributed by atoms with Crippen LogP contribution < -0.4 is 4.74 Å². The van der Waals surface area contributed by atoms with E-state index in [0.717, 1.165) is 17.7 Å². The molecule has 4 nitrogen and oxygen atoms in total. The molecule has 1 rings (SSSR count). The summed E-state index contributed by atoms with van der Waals surface area (Å²) in [4.78, 5) is 10.2. The number of ether oxygens (including phenoxy) is 1. The van der Waals surface area contributed by atoms with Crippen LogP contribution in [0.15, 0.2) is 24.3 Å². The predicted molar refractivity (Wildman–Crippen MR) is 57.9 cm³/mol. The number of nitrogens with zero attached hydrogens (tertiary/aromatic N) is 1. The zero-order valence-electron chi connectivity index (χ0n) is 8.97. The van der Waals surface area contributed by atoms with E-state index >= 15 is 0 Å². The normalized spacial score (nSPS) is 12.1. The van der Waals surface area contributed by atoms with Gasteiger partial charge in [0, 0.05) is 10.5 Å². The van der Waals surface area contributed by atoms with Gasteiger partial charge in [0.25, 0.3) is 0 Å². The number of benzene rings is 1. The zero-order chi connectivity index (χ0) is 11.3. The van der Waals surface area contributed by atoms with Crippen LogP contribution in [0.4, 0.5) is 0 Å². The minimum Gasteiger partial charge on any atom is -0.496 e. The maximum atomic E-state index is 10.5. The number of rotatable bonds is 5. The molecule has 0 N–H and O–H groups in total. The van der Waals surface area contributed by atoms with E-state index in [2.05, 4.69) is 0 Å². The topological polar surface area (TPSA) is 52.4 Å². The highest BCUT2D eigenvalue weighted by molar-refractivity contribution is 5.36. The number of nitro groups is 1. The molecule has 0 saturated carbocycles. The second kappa shape index (κ2) is 5.34. The Morgan fingerprint density at radius 3 is 2.67 bits per heavy atom. The van der Waals surface area contributed by atoms with Crippen molar-refractivity contribution < 1.29 is 9.66 Å². The van der Waals surface area contributed by atoms with Crippen molar-refractivity contribution >= 4 is 0 Å². The third-order valence-corrected chi connectivity index (χ3v) is 2.44. The fraction of sp³-hybridized carbons (Fsp3) is 0.455. The van der Waals surface area contributed by atoms with Crippen molar-refractivity contribution in [3.8, 4) is 5.75 Å². The molecule has 0 heterocycles. The van der Waals surface area contributed by atoms with E-state index in [-0.39, 0.29) is 17.4 Å². The Morgan fingerprint density at radius 2 is 2.13 bits per heavy atom. The van der Waals surface area contributed by atoms with Crippen LogP contribution in [0.2, 0.25) is 0 Å². The summed E-state index contributed by atoms with van der Waals surface area (Å²) in [5.74, 6) is 0.655. The van der Waals surface area contributed by atoms with E-state index in [1.54, 1.807) is 7.11 Å². The lowest BCUT2D eigenvalue weighted by Crippen LogP contribution is -2.12. The summed E-state index contributed by atoms with van der Waals surface area (Å²) in [5, 5.41) is 10.5. The first-order valence-electron chi connectivity index (χ1n) is 4.93. The van der Waals surface area contributed by atoms with Crippen molar-refractivity contribution in [2.45, 2.75) is 19.3 Å². The molecule has 0 unspecified atom stereocenters. The first-order chi connectivity index (χ1) is 7.19. The average Bonchev–Trinajstić information content (AvgIpc) is 2.25. The van der Waals surface area contributed by atoms with E-state index < -0.39 is 0 Å². The third-order valence-electron chi connectivity index (χ3n) is 2.44. The van der Waals surface area contributed by atoms with Crippen molar-refractivity contribution in [2.24, 2.45) is 0 Å². The molecule has 0 aromatic heterocycles. The van der Waals surface area contributed by atoms with Crippen molar-refractivity contribution in [3.63, 3.8) is 0 Å². The minimum absolute atomic E-state index is 0.0448. The van der Waals surface area contributed by atoms with Gasteiger partial charge in [-0.3, -0.25) is 10.1 Å². The summed E-state index contributed by atoms with van der Waals surface area (Å²) in [5.41, 5.74) is 0.916.